The van der Waals surface area contributed by atoms with Crippen molar-refractivity contribution < 1.29 is 18.9 Å². The molecule has 134 valence electrons. The molecular weight excluding hydrogens is 318 g/mol. The molecule has 2 aromatic rings. The van der Waals surface area contributed by atoms with Crippen LogP contribution >= 0.6 is 0 Å². The second-order valence-electron chi connectivity index (χ2n) is 6.08. The predicted molar refractivity (Wildman–Crippen MR) is 97.0 cm³/mol. The summed E-state index contributed by atoms with van der Waals surface area (Å²) in [5, 5.41) is 3.39. The van der Waals surface area contributed by atoms with Crippen LogP contribution in [0, 0.1) is 0 Å². The van der Waals surface area contributed by atoms with Crippen molar-refractivity contribution in [2.75, 3.05) is 27.4 Å². The van der Waals surface area contributed by atoms with Crippen LogP contribution in [-0.4, -0.2) is 33.5 Å². The summed E-state index contributed by atoms with van der Waals surface area (Å²) in [6, 6.07) is 11.8. The maximum absolute atomic E-state index is 5.84. The van der Waals surface area contributed by atoms with Gasteiger partial charge in [0.25, 0.3) is 0 Å². The van der Waals surface area contributed by atoms with E-state index in [2.05, 4.69) is 24.4 Å². The lowest BCUT2D eigenvalue weighted by molar-refractivity contribution is 0.254. The van der Waals surface area contributed by atoms with Crippen molar-refractivity contribution in [2.24, 2.45) is 0 Å². The molecule has 1 aliphatic rings. The first-order valence-electron chi connectivity index (χ1n) is 8.54. The fourth-order valence-corrected chi connectivity index (χ4v) is 3.00. The largest absolute Gasteiger partial charge is 0.496 e. The summed E-state index contributed by atoms with van der Waals surface area (Å²) < 4.78 is 22.4. The van der Waals surface area contributed by atoms with Crippen LogP contribution in [0.3, 0.4) is 0 Å². The first-order valence-corrected chi connectivity index (χ1v) is 8.54. The molecule has 0 aromatic heterocycles. The van der Waals surface area contributed by atoms with E-state index < -0.39 is 0 Å². The zero-order valence-corrected chi connectivity index (χ0v) is 15.0. The van der Waals surface area contributed by atoms with Crippen LogP contribution in [-0.2, 0) is 13.0 Å². The van der Waals surface area contributed by atoms with Gasteiger partial charge in [-0.05, 0) is 31.2 Å². The van der Waals surface area contributed by atoms with E-state index in [0.717, 1.165) is 41.5 Å². The van der Waals surface area contributed by atoms with E-state index in [1.165, 1.54) is 5.56 Å². The molecule has 0 fully saturated rings. The standard InChI is InChI=1S/C20H25NO4/c1-14-10-15-11-19(23-3)16(12-20(15)25-14)13-21-8-9-24-18-7-5-4-6-17(18)22-2/h4-7,11-12,14,21H,8-10,13H2,1-3H3/t14-/m0/s1. The maximum atomic E-state index is 5.84. The molecule has 0 amide bonds. The number of ether oxygens (including phenoxy) is 4. The molecule has 0 saturated carbocycles. The topological polar surface area (TPSA) is 49.0 Å². The third-order valence-corrected chi connectivity index (χ3v) is 4.22. The summed E-state index contributed by atoms with van der Waals surface area (Å²) in [5.74, 6) is 3.36. The molecule has 1 aliphatic heterocycles. The van der Waals surface area contributed by atoms with Gasteiger partial charge in [-0.3, -0.25) is 0 Å². The van der Waals surface area contributed by atoms with Gasteiger partial charge < -0.3 is 24.3 Å². The third kappa shape index (κ3) is 4.17. The molecule has 0 radical (unpaired) electrons. The molecule has 1 N–H and O–H groups in total. The molecule has 0 unspecified atom stereocenters. The van der Waals surface area contributed by atoms with Crippen molar-refractivity contribution in [1.29, 1.82) is 0 Å². The minimum Gasteiger partial charge on any atom is -0.496 e. The van der Waals surface area contributed by atoms with Crippen LogP contribution < -0.4 is 24.3 Å². The Morgan fingerprint density at radius 3 is 2.60 bits per heavy atom. The molecule has 0 spiro atoms. The second kappa shape index (κ2) is 8.12. The quantitative estimate of drug-likeness (QED) is 0.746. The SMILES string of the molecule is COc1cc2c(cc1CNCCOc1ccccc1OC)O[C@@H](C)C2. The molecule has 1 heterocycles. The summed E-state index contributed by atoms with van der Waals surface area (Å²) in [6.07, 6.45) is 1.17. The number of hydrogen-bond acceptors (Lipinski definition) is 5. The van der Waals surface area contributed by atoms with Crippen molar-refractivity contribution in [3.8, 4) is 23.0 Å². The minimum atomic E-state index is 0.233. The highest BCUT2D eigenvalue weighted by Crippen LogP contribution is 2.34. The van der Waals surface area contributed by atoms with E-state index in [9.17, 15) is 0 Å². The number of benzene rings is 2. The minimum absolute atomic E-state index is 0.233. The molecular formula is C20H25NO4. The van der Waals surface area contributed by atoms with Gasteiger partial charge in [0.1, 0.15) is 24.2 Å². The Labute approximate surface area is 148 Å². The van der Waals surface area contributed by atoms with Gasteiger partial charge in [0.2, 0.25) is 0 Å². The summed E-state index contributed by atoms with van der Waals surface area (Å²) in [7, 11) is 3.35. The average Bonchev–Trinajstić information content (AvgIpc) is 2.99. The Hall–Kier alpha value is -2.40. The van der Waals surface area contributed by atoms with Gasteiger partial charge >= 0.3 is 0 Å². The van der Waals surface area contributed by atoms with Crippen LogP contribution in [0.15, 0.2) is 36.4 Å². The number of methoxy groups -OCH3 is 2. The smallest absolute Gasteiger partial charge is 0.161 e. The van der Waals surface area contributed by atoms with Crippen molar-refractivity contribution in [3.05, 3.63) is 47.5 Å². The first-order chi connectivity index (χ1) is 12.2. The molecule has 1 atom stereocenters. The molecule has 0 saturated heterocycles. The van der Waals surface area contributed by atoms with Gasteiger partial charge in [0.05, 0.1) is 14.2 Å². The fourth-order valence-electron chi connectivity index (χ4n) is 3.00. The van der Waals surface area contributed by atoms with Crippen LogP contribution in [0.2, 0.25) is 0 Å². The van der Waals surface area contributed by atoms with Gasteiger partial charge in [-0.15, -0.1) is 0 Å². The van der Waals surface area contributed by atoms with E-state index >= 15 is 0 Å². The average molecular weight is 343 g/mol. The number of fused-ring (bicyclic) bond motifs is 1. The molecule has 0 bridgehead atoms. The van der Waals surface area contributed by atoms with Gasteiger partial charge in [0.15, 0.2) is 11.5 Å². The van der Waals surface area contributed by atoms with Crippen molar-refractivity contribution >= 4 is 0 Å². The fraction of sp³-hybridized carbons (Fsp3) is 0.400. The number of rotatable bonds is 8. The van der Waals surface area contributed by atoms with E-state index in [1.807, 2.05) is 24.3 Å². The Morgan fingerprint density at radius 2 is 1.84 bits per heavy atom. The van der Waals surface area contributed by atoms with Crippen LogP contribution in [0.25, 0.3) is 0 Å². The van der Waals surface area contributed by atoms with Crippen molar-refractivity contribution in [3.63, 3.8) is 0 Å². The van der Waals surface area contributed by atoms with Crippen LogP contribution in [0.5, 0.6) is 23.0 Å². The van der Waals surface area contributed by atoms with Gasteiger partial charge in [-0.1, -0.05) is 12.1 Å². The number of nitrogens with one attached hydrogen (secondary N) is 1. The van der Waals surface area contributed by atoms with E-state index in [4.69, 9.17) is 18.9 Å². The lowest BCUT2D eigenvalue weighted by Crippen LogP contribution is -2.21. The third-order valence-electron chi connectivity index (χ3n) is 4.22. The highest BCUT2D eigenvalue weighted by Gasteiger charge is 2.21. The molecule has 5 heteroatoms. The molecule has 25 heavy (non-hydrogen) atoms. The molecule has 3 rings (SSSR count). The van der Waals surface area contributed by atoms with Gasteiger partial charge in [-0.2, -0.15) is 0 Å². The van der Waals surface area contributed by atoms with E-state index in [1.54, 1.807) is 14.2 Å². The normalized spacial score (nSPS) is 15.4. The molecule has 5 nitrogen and oxygen atoms in total. The summed E-state index contributed by atoms with van der Waals surface area (Å²) in [5.41, 5.74) is 2.31. The lowest BCUT2D eigenvalue weighted by Gasteiger charge is -2.13. The van der Waals surface area contributed by atoms with Crippen LogP contribution in [0.1, 0.15) is 18.1 Å². The Balaban J connectivity index is 1.52. The predicted octanol–water partition coefficient (Wildman–Crippen LogP) is 3.20. The highest BCUT2D eigenvalue weighted by molar-refractivity contribution is 5.48. The monoisotopic (exact) mass is 343 g/mol. The first kappa shape index (κ1) is 17.4. The van der Waals surface area contributed by atoms with Gasteiger partial charge in [-0.25, -0.2) is 0 Å². The highest BCUT2D eigenvalue weighted by atomic mass is 16.5. The van der Waals surface area contributed by atoms with E-state index in [0.29, 0.717) is 13.2 Å². The second-order valence-corrected chi connectivity index (χ2v) is 6.08. The Bertz CT molecular complexity index is 717. The van der Waals surface area contributed by atoms with Crippen molar-refractivity contribution in [2.45, 2.75) is 26.0 Å². The summed E-state index contributed by atoms with van der Waals surface area (Å²) in [6.45, 7) is 4.06. The zero-order valence-electron chi connectivity index (χ0n) is 15.0. The lowest BCUT2D eigenvalue weighted by atomic mass is 10.1. The summed E-state index contributed by atoms with van der Waals surface area (Å²) in [4.78, 5) is 0. The Kier molecular flexibility index (Phi) is 5.66. The molecule has 0 aliphatic carbocycles. The number of para-hydroxylation sites is 2. The maximum Gasteiger partial charge on any atom is 0.161 e. The Morgan fingerprint density at radius 1 is 1.08 bits per heavy atom. The van der Waals surface area contributed by atoms with Crippen molar-refractivity contribution in [1.82, 2.24) is 5.32 Å². The number of hydrogen-bond donors (Lipinski definition) is 1. The summed E-state index contributed by atoms with van der Waals surface area (Å²) >= 11 is 0. The zero-order chi connectivity index (χ0) is 17.6. The van der Waals surface area contributed by atoms with Gasteiger partial charge in [0, 0.05) is 30.6 Å². The van der Waals surface area contributed by atoms with Crippen LogP contribution in [0.4, 0.5) is 0 Å². The molecule has 2 aromatic carbocycles. The van der Waals surface area contributed by atoms with E-state index in [-0.39, 0.29) is 6.10 Å².